The van der Waals surface area contributed by atoms with Gasteiger partial charge in [-0.2, -0.15) is 0 Å². The molecule has 0 radical (unpaired) electrons. The minimum absolute atomic E-state index is 0.363. The van der Waals surface area contributed by atoms with Crippen LogP contribution in [-0.2, 0) is 6.54 Å². The molecule has 3 heterocycles. The van der Waals surface area contributed by atoms with Crippen LogP contribution in [0.15, 0.2) is 91.6 Å². The maximum atomic E-state index is 13.0. The summed E-state index contributed by atoms with van der Waals surface area (Å²) in [5.41, 5.74) is 4.21. The van der Waals surface area contributed by atoms with E-state index in [1.54, 1.807) is 36.5 Å². The van der Waals surface area contributed by atoms with Crippen LogP contribution in [0.4, 0.5) is 0 Å². The number of hydrogen-bond donors (Lipinski definition) is 0. The number of carbonyl (C=O) groups excluding carboxylic acids is 1. The van der Waals surface area contributed by atoms with E-state index >= 15 is 0 Å². The van der Waals surface area contributed by atoms with Crippen LogP contribution >= 0.6 is 23.2 Å². The van der Waals surface area contributed by atoms with Crippen molar-refractivity contribution < 1.29 is 9.53 Å². The average molecular weight is 513 g/mol. The number of aromatic nitrogens is 4. The molecule has 0 atom stereocenters. The number of fused-ring (bicyclic) bond motifs is 5. The predicted octanol–water partition coefficient (Wildman–Crippen LogP) is 7.22. The van der Waals surface area contributed by atoms with Crippen molar-refractivity contribution in [1.29, 1.82) is 0 Å². The van der Waals surface area contributed by atoms with Gasteiger partial charge < -0.3 is 9.30 Å². The summed E-state index contributed by atoms with van der Waals surface area (Å²) in [6, 6.07) is 21.9. The van der Waals surface area contributed by atoms with Gasteiger partial charge in [0.2, 0.25) is 0 Å². The SMILES string of the molecule is C=CCn1cc(OC(=O)c2ccc(Cl)cc2)c2c1nc(-c1ccc(Cl)cc1)n1c3ccccc3nc21. The van der Waals surface area contributed by atoms with Gasteiger partial charge in [-0.1, -0.05) is 41.4 Å². The number of hydrogen-bond acceptors (Lipinski definition) is 4. The molecule has 6 aromatic rings. The highest BCUT2D eigenvalue weighted by Gasteiger charge is 2.23. The third kappa shape index (κ3) is 3.71. The average Bonchev–Trinajstić information content (AvgIpc) is 3.43. The second kappa shape index (κ2) is 8.82. The van der Waals surface area contributed by atoms with Crippen LogP contribution in [0, 0.1) is 0 Å². The molecule has 0 bridgehead atoms. The quantitative estimate of drug-likeness (QED) is 0.180. The van der Waals surface area contributed by atoms with E-state index < -0.39 is 5.97 Å². The summed E-state index contributed by atoms with van der Waals surface area (Å²) < 4.78 is 9.78. The summed E-state index contributed by atoms with van der Waals surface area (Å²) in [7, 11) is 0. The monoisotopic (exact) mass is 512 g/mol. The minimum Gasteiger partial charge on any atom is -0.420 e. The van der Waals surface area contributed by atoms with Crippen LogP contribution in [-0.4, -0.2) is 24.9 Å². The molecule has 0 aliphatic rings. The van der Waals surface area contributed by atoms with Crippen LogP contribution in [0.1, 0.15) is 10.4 Å². The van der Waals surface area contributed by atoms with Crippen LogP contribution < -0.4 is 4.74 Å². The van der Waals surface area contributed by atoms with Gasteiger partial charge in [0.05, 0.1) is 16.6 Å². The van der Waals surface area contributed by atoms with Gasteiger partial charge in [-0.25, -0.2) is 14.8 Å². The molecule has 0 saturated carbocycles. The van der Waals surface area contributed by atoms with Crippen molar-refractivity contribution in [3.63, 3.8) is 0 Å². The molecular weight excluding hydrogens is 495 g/mol. The second-order valence-electron chi connectivity index (χ2n) is 8.23. The molecule has 0 spiro atoms. The summed E-state index contributed by atoms with van der Waals surface area (Å²) in [6.07, 6.45) is 3.53. The Morgan fingerprint density at radius 2 is 1.61 bits per heavy atom. The molecule has 0 N–H and O–H groups in total. The first-order valence-corrected chi connectivity index (χ1v) is 11.9. The maximum absolute atomic E-state index is 13.0. The molecule has 3 aromatic carbocycles. The van der Waals surface area contributed by atoms with Crippen molar-refractivity contribution in [1.82, 2.24) is 18.9 Å². The summed E-state index contributed by atoms with van der Waals surface area (Å²) >= 11 is 12.1. The lowest BCUT2D eigenvalue weighted by molar-refractivity contribution is 0.0737. The molecule has 0 aliphatic carbocycles. The number of halogens is 2. The fourth-order valence-corrected chi connectivity index (χ4v) is 4.55. The lowest BCUT2D eigenvalue weighted by Crippen LogP contribution is -2.08. The molecule has 36 heavy (non-hydrogen) atoms. The number of esters is 1. The molecule has 6 rings (SSSR count). The molecule has 8 heteroatoms. The number of rotatable bonds is 5. The summed E-state index contributed by atoms with van der Waals surface area (Å²) in [5.74, 6) is 0.560. The number of imidazole rings is 1. The van der Waals surface area contributed by atoms with Crippen molar-refractivity contribution in [3.05, 3.63) is 107 Å². The zero-order valence-electron chi connectivity index (χ0n) is 18.9. The van der Waals surface area contributed by atoms with Gasteiger partial charge in [0, 0.05) is 28.4 Å². The summed E-state index contributed by atoms with van der Waals surface area (Å²) in [6.45, 7) is 4.34. The molecule has 176 valence electrons. The minimum atomic E-state index is -0.500. The first kappa shape index (κ1) is 22.3. The molecule has 0 fully saturated rings. The number of carbonyl (C=O) groups is 1. The fraction of sp³-hybridized carbons (Fsp3) is 0.0357. The second-order valence-corrected chi connectivity index (χ2v) is 9.10. The van der Waals surface area contributed by atoms with Crippen LogP contribution in [0.5, 0.6) is 5.75 Å². The van der Waals surface area contributed by atoms with Crippen molar-refractivity contribution in [2.24, 2.45) is 0 Å². The zero-order valence-corrected chi connectivity index (χ0v) is 20.4. The number of allylic oxidation sites excluding steroid dienone is 1. The normalized spacial score (nSPS) is 11.4. The van der Waals surface area contributed by atoms with Crippen molar-refractivity contribution >= 4 is 56.9 Å². The zero-order chi connectivity index (χ0) is 24.8. The third-order valence-electron chi connectivity index (χ3n) is 5.93. The van der Waals surface area contributed by atoms with Crippen LogP contribution in [0.2, 0.25) is 10.0 Å². The molecule has 0 aliphatic heterocycles. The molecule has 6 nitrogen and oxygen atoms in total. The van der Waals surface area contributed by atoms with Crippen LogP contribution in [0.25, 0.3) is 39.1 Å². The smallest absolute Gasteiger partial charge is 0.343 e. The maximum Gasteiger partial charge on any atom is 0.343 e. The predicted molar refractivity (Wildman–Crippen MR) is 143 cm³/mol. The van der Waals surface area contributed by atoms with E-state index in [0.29, 0.717) is 50.4 Å². The van der Waals surface area contributed by atoms with Gasteiger partial charge in [-0.3, -0.25) is 4.40 Å². The van der Waals surface area contributed by atoms with Gasteiger partial charge in [0.15, 0.2) is 11.4 Å². The number of ether oxygens (including phenoxy) is 1. The molecule has 0 amide bonds. The van der Waals surface area contributed by atoms with Gasteiger partial charge in [-0.05, 0) is 60.7 Å². The van der Waals surface area contributed by atoms with E-state index in [1.165, 1.54) is 0 Å². The fourth-order valence-electron chi connectivity index (χ4n) is 4.30. The number of benzene rings is 3. The molecule has 0 saturated heterocycles. The Balaban J connectivity index is 1.64. The molecule has 0 unspecified atom stereocenters. The van der Waals surface area contributed by atoms with Crippen molar-refractivity contribution in [3.8, 4) is 17.1 Å². The van der Waals surface area contributed by atoms with Crippen LogP contribution in [0.3, 0.4) is 0 Å². The van der Waals surface area contributed by atoms with Gasteiger partial charge in [-0.15, -0.1) is 6.58 Å². The third-order valence-corrected chi connectivity index (χ3v) is 6.44. The standard InChI is InChI=1S/C28H18Cl2N4O2/c1-2-15-33-16-23(36-28(35)18-9-13-20(30)14-10-18)24-26(33)32-25(17-7-11-19(29)12-8-17)34-22-6-4-3-5-21(22)31-27(24)34/h2-14,16H,1,15H2. The summed E-state index contributed by atoms with van der Waals surface area (Å²) in [4.78, 5) is 23.0. The Bertz CT molecular complexity index is 1790. The lowest BCUT2D eigenvalue weighted by Gasteiger charge is -2.09. The van der Waals surface area contributed by atoms with E-state index in [2.05, 4.69) is 6.58 Å². The Morgan fingerprint density at radius 3 is 2.33 bits per heavy atom. The highest BCUT2D eigenvalue weighted by Crippen LogP contribution is 2.36. The van der Waals surface area contributed by atoms with E-state index in [1.807, 2.05) is 57.5 Å². The van der Waals surface area contributed by atoms with Gasteiger partial charge in [0.1, 0.15) is 16.9 Å². The van der Waals surface area contributed by atoms with Gasteiger partial charge in [0.25, 0.3) is 0 Å². The Kier molecular flexibility index (Phi) is 5.48. The molecular formula is C28H18Cl2N4O2. The largest absolute Gasteiger partial charge is 0.420 e. The highest BCUT2D eigenvalue weighted by atomic mass is 35.5. The Morgan fingerprint density at radius 1 is 0.917 bits per heavy atom. The first-order valence-electron chi connectivity index (χ1n) is 11.2. The Hall–Kier alpha value is -4.13. The highest BCUT2D eigenvalue weighted by molar-refractivity contribution is 6.31. The van der Waals surface area contributed by atoms with Crippen molar-refractivity contribution in [2.45, 2.75) is 6.54 Å². The first-order chi connectivity index (χ1) is 17.5. The van der Waals surface area contributed by atoms with E-state index in [-0.39, 0.29) is 0 Å². The summed E-state index contributed by atoms with van der Waals surface area (Å²) in [5, 5.41) is 1.81. The number of para-hydroxylation sites is 2. The lowest BCUT2D eigenvalue weighted by atomic mass is 10.2. The molecule has 3 aromatic heterocycles. The van der Waals surface area contributed by atoms with Crippen molar-refractivity contribution in [2.75, 3.05) is 0 Å². The van der Waals surface area contributed by atoms with Gasteiger partial charge >= 0.3 is 5.97 Å². The van der Waals surface area contributed by atoms with E-state index in [4.69, 9.17) is 37.9 Å². The van der Waals surface area contributed by atoms with E-state index in [9.17, 15) is 4.79 Å². The topological polar surface area (TPSA) is 61.4 Å². The Labute approximate surface area is 216 Å². The van der Waals surface area contributed by atoms with E-state index in [0.717, 1.165) is 16.6 Å². The number of nitrogens with zero attached hydrogens (tertiary/aromatic N) is 4.